The second-order valence-electron chi connectivity index (χ2n) is 3.41. The molecule has 100 valence electrons. The standard InChI is InChI=1S/C6H13NO.C6H8O.C2H6/c8-5-6-1-3-7-4-2-6;1-3-5-6(7)4-2;1-2/h6-8H,1-5H2;3-5,7H,1-2H2;1-2H3/b;6-5+;. The Balaban J connectivity index is 0. The molecule has 1 rings (SSSR count). The first-order valence-corrected chi connectivity index (χ1v) is 6.20. The highest BCUT2D eigenvalue weighted by molar-refractivity contribution is 5.12. The van der Waals surface area contributed by atoms with Crippen LogP contribution >= 0.6 is 0 Å². The van der Waals surface area contributed by atoms with Crippen LogP contribution < -0.4 is 5.32 Å². The van der Waals surface area contributed by atoms with Crippen LogP contribution in [0.5, 0.6) is 0 Å². The van der Waals surface area contributed by atoms with E-state index in [2.05, 4.69) is 18.5 Å². The minimum Gasteiger partial charge on any atom is -0.508 e. The Bertz CT molecular complexity index is 206. The van der Waals surface area contributed by atoms with Gasteiger partial charge in [0.15, 0.2) is 0 Å². The minimum absolute atomic E-state index is 0.148. The predicted molar refractivity (Wildman–Crippen MR) is 75.1 cm³/mol. The van der Waals surface area contributed by atoms with Crippen LogP contribution in [0, 0.1) is 5.92 Å². The average Bonchev–Trinajstić information content (AvgIpc) is 2.43. The maximum Gasteiger partial charge on any atom is 0.114 e. The van der Waals surface area contributed by atoms with E-state index in [-0.39, 0.29) is 5.76 Å². The number of piperidine rings is 1. The van der Waals surface area contributed by atoms with Gasteiger partial charge in [-0.3, -0.25) is 0 Å². The van der Waals surface area contributed by atoms with Gasteiger partial charge in [-0.2, -0.15) is 0 Å². The number of aliphatic hydroxyl groups excluding tert-OH is 2. The molecule has 17 heavy (non-hydrogen) atoms. The van der Waals surface area contributed by atoms with E-state index < -0.39 is 0 Å². The molecule has 0 aromatic rings. The molecule has 0 aromatic heterocycles. The number of aliphatic hydroxyl groups is 2. The Morgan fingerprint density at radius 2 is 1.82 bits per heavy atom. The van der Waals surface area contributed by atoms with E-state index in [1.54, 1.807) is 0 Å². The second-order valence-corrected chi connectivity index (χ2v) is 3.41. The summed E-state index contributed by atoms with van der Waals surface area (Å²) in [6.45, 7) is 13.2. The lowest BCUT2D eigenvalue weighted by molar-refractivity contribution is 0.196. The van der Waals surface area contributed by atoms with Crippen molar-refractivity contribution in [1.29, 1.82) is 0 Å². The lowest BCUT2D eigenvalue weighted by atomic mass is 10.00. The monoisotopic (exact) mass is 241 g/mol. The zero-order valence-electron chi connectivity index (χ0n) is 11.2. The molecule has 0 bridgehead atoms. The second kappa shape index (κ2) is 14.9. The van der Waals surface area contributed by atoms with Gasteiger partial charge in [-0.25, -0.2) is 0 Å². The van der Waals surface area contributed by atoms with Crippen molar-refractivity contribution in [2.75, 3.05) is 19.7 Å². The molecular weight excluding hydrogens is 214 g/mol. The van der Waals surface area contributed by atoms with Gasteiger partial charge >= 0.3 is 0 Å². The van der Waals surface area contributed by atoms with E-state index in [9.17, 15) is 0 Å². The fourth-order valence-electron chi connectivity index (χ4n) is 1.25. The van der Waals surface area contributed by atoms with Gasteiger partial charge in [-0.1, -0.05) is 33.1 Å². The van der Waals surface area contributed by atoms with Gasteiger partial charge < -0.3 is 15.5 Å². The minimum atomic E-state index is 0.148. The fraction of sp³-hybridized carbons (Fsp3) is 0.571. The van der Waals surface area contributed by atoms with Crippen LogP contribution in [0.4, 0.5) is 0 Å². The normalized spacial score (nSPS) is 15.8. The Labute approximate surface area is 106 Å². The molecule has 0 aromatic carbocycles. The quantitative estimate of drug-likeness (QED) is 0.526. The van der Waals surface area contributed by atoms with Crippen molar-refractivity contribution in [1.82, 2.24) is 5.32 Å². The molecular formula is C14H27NO2. The third-order valence-corrected chi connectivity index (χ3v) is 2.21. The van der Waals surface area contributed by atoms with E-state index in [0.29, 0.717) is 12.5 Å². The molecule has 0 atom stereocenters. The lowest BCUT2D eigenvalue weighted by Crippen LogP contribution is -2.29. The zero-order chi connectivity index (χ0) is 13.5. The van der Waals surface area contributed by atoms with Crippen LogP contribution in [0.1, 0.15) is 26.7 Å². The van der Waals surface area contributed by atoms with Crippen LogP contribution in [-0.2, 0) is 0 Å². The van der Waals surface area contributed by atoms with Gasteiger partial charge in [0.2, 0.25) is 0 Å². The van der Waals surface area contributed by atoms with Gasteiger partial charge in [-0.05, 0) is 44.0 Å². The van der Waals surface area contributed by atoms with Crippen LogP contribution in [0.25, 0.3) is 0 Å². The molecule has 0 amide bonds. The maximum atomic E-state index is 8.66. The fourth-order valence-corrected chi connectivity index (χ4v) is 1.25. The van der Waals surface area contributed by atoms with Gasteiger partial charge in [0.05, 0.1) is 0 Å². The number of hydrogen-bond donors (Lipinski definition) is 3. The van der Waals surface area contributed by atoms with Crippen molar-refractivity contribution in [3.8, 4) is 0 Å². The van der Waals surface area contributed by atoms with E-state index >= 15 is 0 Å². The first-order chi connectivity index (χ1) is 8.24. The van der Waals surface area contributed by atoms with Crippen molar-refractivity contribution < 1.29 is 10.2 Å². The Hall–Kier alpha value is -1.06. The highest BCUT2D eigenvalue weighted by Gasteiger charge is 2.09. The molecule has 0 unspecified atom stereocenters. The summed E-state index contributed by atoms with van der Waals surface area (Å²) in [6, 6.07) is 0. The largest absolute Gasteiger partial charge is 0.508 e. The van der Waals surface area contributed by atoms with Gasteiger partial charge in [0.25, 0.3) is 0 Å². The van der Waals surface area contributed by atoms with E-state index in [0.717, 1.165) is 25.9 Å². The first-order valence-electron chi connectivity index (χ1n) is 6.20. The highest BCUT2D eigenvalue weighted by atomic mass is 16.3. The molecule has 3 N–H and O–H groups in total. The molecule has 3 heteroatoms. The number of rotatable bonds is 3. The molecule has 1 aliphatic heterocycles. The summed E-state index contributed by atoms with van der Waals surface area (Å²) in [5, 5.41) is 20.4. The van der Waals surface area contributed by atoms with Crippen molar-refractivity contribution >= 4 is 0 Å². The van der Waals surface area contributed by atoms with Crippen molar-refractivity contribution in [3.05, 3.63) is 37.1 Å². The van der Waals surface area contributed by atoms with E-state index in [4.69, 9.17) is 10.2 Å². The topological polar surface area (TPSA) is 52.5 Å². The third kappa shape index (κ3) is 12.9. The number of hydrogen-bond acceptors (Lipinski definition) is 3. The SMILES string of the molecule is C=C/C=C(/O)C=C.CC.OCC1CCNCC1. The summed E-state index contributed by atoms with van der Waals surface area (Å²) >= 11 is 0. The van der Waals surface area contributed by atoms with Gasteiger partial charge in [0, 0.05) is 6.61 Å². The molecule has 0 aliphatic carbocycles. The Kier molecular flexibility index (Phi) is 16.1. The van der Waals surface area contributed by atoms with Gasteiger partial charge in [-0.15, -0.1) is 0 Å². The lowest BCUT2D eigenvalue weighted by Gasteiger charge is -2.19. The zero-order valence-corrected chi connectivity index (χ0v) is 11.2. The van der Waals surface area contributed by atoms with Gasteiger partial charge in [0.1, 0.15) is 5.76 Å². The van der Waals surface area contributed by atoms with Crippen LogP contribution in [0.3, 0.4) is 0 Å². The maximum absolute atomic E-state index is 8.66. The van der Waals surface area contributed by atoms with Crippen molar-refractivity contribution in [2.45, 2.75) is 26.7 Å². The average molecular weight is 241 g/mol. The smallest absolute Gasteiger partial charge is 0.114 e. The summed E-state index contributed by atoms with van der Waals surface area (Å²) in [6.07, 6.45) is 6.61. The molecule has 1 heterocycles. The number of allylic oxidation sites excluding steroid dienone is 3. The molecule has 1 saturated heterocycles. The van der Waals surface area contributed by atoms with E-state index in [1.807, 2.05) is 13.8 Å². The van der Waals surface area contributed by atoms with Crippen LogP contribution in [0.15, 0.2) is 37.1 Å². The van der Waals surface area contributed by atoms with Crippen LogP contribution in [-0.4, -0.2) is 29.9 Å². The molecule has 0 radical (unpaired) electrons. The van der Waals surface area contributed by atoms with E-state index in [1.165, 1.54) is 18.2 Å². The summed E-state index contributed by atoms with van der Waals surface area (Å²) < 4.78 is 0. The van der Waals surface area contributed by atoms with Crippen molar-refractivity contribution in [3.63, 3.8) is 0 Å². The molecule has 1 aliphatic rings. The number of nitrogens with one attached hydrogen (secondary N) is 1. The Morgan fingerprint density at radius 1 is 1.29 bits per heavy atom. The third-order valence-electron chi connectivity index (χ3n) is 2.21. The summed E-state index contributed by atoms with van der Waals surface area (Å²) in [4.78, 5) is 0. The summed E-state index contributed by atoms with van der Waals surface area (Å²) in [5.41, 5.74) is 0. The summed E-state index contributed by atoms with van der Waals surface area (Å²) in [7, 11) is 0. The molecule has 3 nitrogen and oxygen atoms in total. The Morgan fingerprint density at radius 3 is 2.06 bits per heavy atom. The first kappa shape index (κ1) is 18.3. The molecule has 0 spiro atoms. The highest BCUT2D eigenvalue weighted by Crippen LogP contribution is 2.08. The van der Waals surface area contributed by atoms with Crippen LogP contribution in [0.2, 0.25) is 0 Å². The molecule has 1 fully saturated rings. The predicted octanol–water partition coefficient (Wildman–Crippen LogP) is 2.80. The summed E-state index contributed by atoms with van der Waals surface area (Å²) in [5.74, 6) is 0.728. The molecule has 0 saturated carbocycles. The van der Waals surface area contributed by atoms with Crippen molar-refractivity contribution in [2.24, 2.45) is 5.92 Å².